The van der Waals surface area contributed by atoms with Gasteiger partial charge < -0.3 is 19.7 Å². The van der Waals surface area contributed by atoms with E-state index in [9.17, 15) is 37.1 Å². The fourth-order valence-corrected chi connectivity index (χ4v) is 6.94. The van der Waals surface area contributed by atoms with Gasteiger partial charge in [0.2, 0.25) is 5.91 Å². The number of aliphatic hydroxyl groups is 1. The van der Waals surface area contributed by atoms with Crippen LogP contribution in [0.3, 0.4) is 0 Å². The number of amides is 1. The molecule has 0 radical (unpaired) electrons. The molecule has 3 aliphatic rings. The van der Waals surface area contributed by atoms with Crippen LogP contribution in [0.15, 0.2) is 16.9 Å². The summed E-state index contributed by atoms with van der Waals surface area (Å²) in [7, 11) is 0. The molecule has 3 aromatic rings. The van der Waals surface area contributed by atoms with Crippen molar-refractivity contribution >= 4 is 34.4 Å². The van der Waals surface area contributed by atoms with E-state index in [1.54, 1.807) is 6.92 Å². The van der Waals surface area contributed by atoms with Gasteiger partial charge in [-0.3, -0.25) is 9.59 Å². The summed E-state index contributed by atoms with van der Waals surface area (Å²) in [6.45, 7) is 6.06. The Morgan fingerprint density at radius 1 is 1.18 bits per heavy atom. The van der Waals surface area contributed by atoms with Crippen LogP contribution in [0, 0.1) is 16.6 Å². The van der Waals surface area contributed by atoms with E-state index in [2.05, 4.69) is 10.3 Å². The van der Waals surface area contributed by atoms with Crippen molar-refractivity contribution < 1.29 is 37.0 Å². The van der Waals surface area contributed by atoms with E-state index >= 15 is 0 Å². The average molecular weight is 636 g/mol. The van der Waals surface area contributed by atoms with Crippen molar-refractivity contribution in [2.45, 2.75) is 84.9 Å². The van der Waals surface area contributed by atoms with Crippen molar-refractivity contribution in [3.8, 4) is 11.4 Å². The summed E-state index contributed by atoms with van der Waals surface area (Å²) in [4.78, 5) is 44.6. The highest BCUT2D eigenvalue weighted by Gasteiger charge is 2.63. The predicted octanol–water partition coefficient (Wildman–Crippen LogP) is 5.59. The number of hydrogen-bond donors (Lipinski definition) is 2. The lowest BCUT2D eigenvalue weighted by molar-refractivity contribution is -0.243. The largest absolute Gasteiger partial charge is 0.458 e. The molecule has 6 rings (SSSR count). The fourth-order valence-electron chi connectivity index (χ4n) is 6.70. The number of rotatable bonds is 3. The Balaban J connectivity index is 1.59. The van der Waals surface area contributed by atoms with Gasteiger partial charge in [0.1, 0.15) is 17.8 Å². The molecule has 3 atom stereocenters. The van der Waals surface area contributed by atoms with E-state index in [0.29, 0.717) is 22.1 Å². The van der Waals surface area contributed by atoms with Crippen molar-refractivity contribution in [2.75, 3.05) is 0 Å². The molecular formula is C31H30ClF4N3O5. The molecule has 4 heterocycles. The van der Waals surface area contributed by atoms with E-state index in [4.69, 9.17) is 16.3 Å². The molecule has 0 saturated heterocycles. The SMILES string of the molecule is CC[C@@]1(O)C(=O)OCc2c1cc1n(c2=O)Cc2c-1nc1cc(F)c(Cl)c3c1c2[C@H](NC(=O)[C@](C)(C(C)(C)C)C(F)(F)F)CC3. The normalized spacial score (nSPS) is 22.2. The summed E-state index contributed by atoms with van der Waals surface area (Å²) >= 11 is 6.37. The summed E-state index contributed by atoms with van der Waals surface area (Å²) in [6, 6.07) is 1.65. The number of aromatic nitrogens is 2. The Morgan fingerprint density at radius 3 is 2.48 bits per heavy atom. The molecule has 0 fully saturated rings. The first-order valence-corrected chi connectivity index (χ1v) is 14.6. The molecule has 0 unspecified atom stereocenters. The zero-order valence-electron chi connectivity index (χ0n) is 24.6. The highest BCUT2D eigenvalue weighted by Crippen LogP contribution is 2.52. The fraction of sp³-hybridized carbons (Fsp3) is 0.484. The molecule has 0 bridgehead atoms. The lowest BCUT2D eigenvalue weighted by Gasteiger charge is -2.42. The van der Waals surface area contributed by atoms with Crippen LogP contribution in [0.2, 0.25) is 5.02 Å². The van der Waals surface area contributed by atoms with Crippen LogP contribution in [0.25, 0.3) is 22.3 Å². The summed E-state index contributed by atoms with van der Waals surface area (Å²) in [6.07, 6.45) is -4.67. The highest BCUT2D eigenvalue weighted by atomic mass is 35.5. The molecule has 13 heteroatoms. The standard InChI is InChI=1S/C31H30ClF4N3O5/c1-6-30(43)16-9-20-24-14(11-39(20)25(40)15(16)12-44-27(30)42)22-18(38-26(41)29(5,28(2,3)4)31(34,35)36)8-7-13-21(22)19(37-24)10-17(33)23(13)32/h9-10,18,43H,6-8,11-12H2,1-5H3,(H,38,41)/t18-,29-,30+/m1/s1. The van der Waals surface area contributed by atoms with Crippen molar-refractivity contribution in [3.05, 3.63) is 61.1 Å². The second-order valence-corrected chi connectivity index (χ2v) is 13.3. The number of nitrogens with one attached hydrogen (secondary N) is 1. The maximum absolute atomic E-state index is 15.0. The molecule has 1 aliphatic carbocycles. The van der Waals surface area contributed by atoms with Gasteiger partial charge in [-0.15, -0.1) is 0 Å². The first-order valence-electron chi connectivity index (χ1n) is 14.2. The van der Waals surface area contributed by atoms with Crippen LogP contribution in [0.5, 0.6) is 0 Å². The quantitative estimate of drug-likeness (QED) is 0.224. The third-order valence-electron chi connectivity index (χ3n) is 9.87. The van der Waals surface area contributed by atoms with Crippen molar-refractivity contribution in [1.29, 1.82) is 0 Å². The predicted molar refractivity (Wildman–Crippen MR) is 152 cm³/mol. The number of nitrogens with zero attached hydrogens (tertiary/aromatic N) is 2. The summed E-state index contributed by atoms with van der Waals surface area (Å²) in [5.74, 6) is -2.85. The molecule has 44 heavy (non-hydrogen) atoms. The minimum atomic E-state index is -4.87. The van der Waals surface area contributed by atoms with Crippen LogP contribution in [0.4, 0.5) is 17.6 Å². The molecule has 8 nitrogen and oxygen atoms in total. The maximum atomic E-state index is 15.0. The average Bonchev–Trinajstić information content (AvgIpc) is 3.31. The molecule has 2 aromatic heterocycles. The number of benzene rings is 1. The van der Waals surface area contributed by atoms with Crippen LogP contribution in [-0.2, 0) is 39.5 Å². The van der Waals surface area contributed by atoms with Gasteiger partial charge in [-0.25, -0.2) is 14.2 Å². The van der Waals surface area contributed by atoms with Crippen molar-refractivity contribution in [1.82, 2.24) is 14.9 Å². The maximum Gasteiger partial charge on any atom is 0.403 e. The van der Waals surface area contributed by atoms with Crippen LogP contribution in [-0.4, -0.2) is 32.7 Å². The van der Waals surface area contributed by atoms with Gasteiger partial charge >= 0.3 is 12.1 Å². The Labute approximate surface area is 254 Å². The van der Waals surface area contributed by atoms with Crippen LogP contribution >= 0.6 is 11.6 Å². The third kappa shape index (κ3) is 3.92. The molecule has 2 N–H and O–H groups in total. The lowest BCUT2D eigenvalue weighted by atomic mass is 9.66. The molecule has 234 valence electrons. The number of fused-ring (bicyclic) bond motifs is 5. The van der Waals surface area contributed by atoms with Crippen LogP contribution < -0.4 is 10.9 Å². The monoisotopic (exact) mass is 635 g/mol. The van der Waals surface area contributed by atoms with Gasteiger partial charge in [0.25, 0.3) is 5.56 Å². The lowest BCUT2D eigenvalue weighted by Crippen LogP contribution is -2.56. The van der Waals surface area contributed by atoms with E-state index < -0.39 is 51.9 Å². The number of carbonyl (C=O) groups excluding carboxylic acids is 2. The van der Waals surface area contributed by atoms with Gasteiger partial charge in [0.05, 0.1) is 40.1 Å². The van der Waals surface area contributed by atoms with E-state index in [1.165, 1.54) is 31.4 Å². The number of carbonyl (C=O) groups is 2. The van der Waals surface area contributed by atoms with Crippen molar-refractivity contribution in [2.24, 2.45) is 10.8 Å². The number of ether oxygens (including phenoxy) is 1. The second-order valence-electron chi connectivity index (χ2n) is 12.9. The summed E-state index contributed by atoms with van der Waals surface area (Å²) in [5.41, 5.74) is -4.82. The molecule has 0 saturated carbocycles. The summed E-state index contributed by atoms with van der Waals surface area (Å²) < 4.78 is 64.9. The number of cyclic esters (lactones) is 1. The molecular weight excluding hydrogens is 606 g/mol. The number of esters is 1. The minimum Gasteiger partial charge on any atom is -0.458 e. The van der Waals surface area contributed by atoms with Gasteiger partial charge in [0, 0.05) is 22.6 Å². The summed E-state index contributed by atoms with van der Waals surface area (Å²) in [5, 5.41) is 14.1. The van der Waals surface area contributed by atoms with Gasteiger partial charge in [-0.2, -0.15) is 13.2 Å². The third-order valence-corrected chi connectivity index (χ3v) is 10.3. The molecule has 0 spiro atoms. The van der Waals surface area contributed by atoms with E-state index in [1.807, 2.05) is 0 Å². The molecule has 1 aromatic carbocycles. The van der Waals surface area contributed by atoms with Gasteiger partial charge in [-0.05, 0) is 48.8 Å². The molecule has 2 aliphatic heterocycles. The topological polar surface area (TPSA) is 111 Å². The second kappa shape index (κ2) is 9.50. The van der Waals surface area contributed by atoms with Crippen molar-refractivity contribution in [3.63, 3.8) is 0 Å². The number of alkyl halides is 3. The minimum absolute atomic E-state index is 0.0653. The Morgan fingerprint density at radius 2 is 1.86 bits per heavy atom. The first-order chi connectivity index (χ1) is 20.4. The first kappa shape index (κ1) is 30.5. The number of halogens is 5. The zero-order chi connectivity index (χ0) is 32.3. The van der Waals surface area contributed by atoms with Gasteiger partial charge in [0.15, 0.2) is 5.60 Å². The smallest absolute Gasteiger partial charge is 0.403 e. The van der Waals surface area contributed by atoms with Gasteiger partial charge in [-0.1, -0.05) is 39.3 Å². The Bertz CT molecular complexity index is 1850. The highest BCUT2D eigenvalue weighted by molar-refractivity contribution is 6.32. The number of aryl methyl sites for hydroxylation is 1. The Hall–Kier alpha value is -3.51. The zero-order valence-corrected chi connectivity index (χ0v) is 25.4. The Kier molecular flexibility index (Phi) is 6.59. The number of hydrogen-bond acceptors (Lipinski definition) is 6. The number of pyridine rings is 2. The van der Waals surface area contributed by atoms with Crippen LogP contribution in [0.1, 0.15) is 81.3 Å². The molecule has 1 amide bonds. The van der Waals surface area contributed by atoms with E-state index in [-0.39, 0.29) is 65.5 Å². The van der Waals surface area contributed by atoms with E-state index in [0.717, 1.165) is 13.0 Å².